The second-order valence-corrected chi connectivity index (χ2v) is 9.28. The summed E-state index contributed by atoms with van der Waals surface area (Å²) in [7, 11) is -1.01. The third-order valence-electron chi connectivity index (χ3n) is 5.46. The molecule has 174 valence electrons. The first-order valence-corrected chi connectivity index (χ1v) is 11.7. The zero-order chi connectivity index (χ0) is 23.4. The van der Waals surface area contributed by atoms with Crippen molar-refractivity contribution in [2.24, 2.45) is 0 Å². The Balaban J connectivity index is 1.44. The summed E-state index contributed by atoms with van der Waals surface area (Å²) >= 11 is 0. The highest BCUT2D eigenvalue weighted by atomic mass is 32.2. The number of tetrazole rings is 1. The molecule has 12 heteroatoms. The van der Waals surface area contributed by atoms with Gasteiger partial charge in [-0.15, -0.1) is 5.10 Å². The Bertz CT molecular complexity index is 1220. The topological polar surface area (TPSA) is 120 Å². The molecule has 1 aliphatic rings. The lowest BCUT2D eigenvalue weighted by Gasteiger charge is -2.33. The van der Waals surface area contributed by atoms with Gasteiger partial charge in [0.1, 0.15) is 5.75 Å². The van der Waals surface area contributed by atoms with Crippen LogP contribution in [-0.4, -0.2) is 84.2 Å². The number of aromatic nitrogens is 4. The highest BCUT2D eigenvalue weighted by Gasteiger charge is 2.32. The SMILES string of the molecule is COC(=O)c1ccccc1S(=O)(=O)N1CCN(Cc2nnnn2-c2ccc(OC)cc2)CC1. The van der Waals surface area contributed by atoms with Gasteiger partial charge in [-0.05, 0) is 46.8 Å². The molecule has 0 atom stereocenters. The van der Waals surface area contributed by atoms with Crippen molar-refractivity contribution in [2.75, 3.05) is 40.4 Å². The average molecular weight is 473 g/mol. The van der Waals surface area contributed by atoms with Gasteiger partial charge in [0.25, 0.3) is 0 Å². The molecule has 33 heavy (non-hydrogen) atoms. The van der Waals surface area contributed by atoms with Gasteiger partial charge in [-0.3, -0.25) is 4.90 Å². The minimum Gasteiger partial charge on any atom is -0.497 e. The molecule has 0 unspecified atom stereocenters. The molecule has 11 nitrogen and oxygen atoms in total. The molecule has 0 radical (unpaired) electrons. The van der Waals surface area contributed by atoms with Crippen LogP contribution in [-0.2, 0) is 21.3 Å². The van der Waals surface area contributed by atoms with E-state index in [1.54, 1.807) is 23.9 Å². The summed E-state index contributed by atoms with van der Waals surface area (Å²) in [6.07, 6.45) is 0. The van der Waals surface area contributed by atoms with Gasteiger partial charge in [-0.25, -0.2) is 13.2 Å². The Labute approximate surface area is 191 Å². The monoisotopic (exact) mass is 472 g/mol. The predicted octanol–water partition coefficient (Wildman–Crippen LogP) is 0.964. The van der Waals surface area contributed by atoms with Gasteiger partial charge < -0.3 is 9.47 Å². The second kappa shape index (κ2) is 9.65. The van der Waals surface area contributed by atoms with Crippen LogP contribution in [0.4, 0.5) is 0 Å². The van der Waals surface area contributed by atoms with Crippen LogP contribution in [0.3, 0.4) is 0 Å². The van der Waals surface area contributed by atoms with E-state index >= 15 is 0 Å². The fourth-order valence-corrected chi connectivity index (χ4v) is 5.27. The molecule has 1 saturated heterocycles. The van der Waals surface area contributed by atoms with Crippen molar-refractivity contribution < 1.29 is 22.7 Å². The first-order valence-electron chi connectivity index (χ1n) is 10.3. The first-order chi connectivity index (χ1) is 15.9. The Kier molecular flexibility index (Phi) is 6.67. The van der Waals surface area contributed by atoms with E-state index < -0.39 is 16.0 Å². The zero-order valence-corrected chi connectivity index (χ0v) is 19.1. The molecule has 4 rings (SSSR count). The quantitative estimate of drug-likeness (QED) is 0.463. The molecule has 1 fully saturated rings. The Morgan fingerprint density at radius 2 is 1.70 bits per heavy atom. The maximum atomic E-state index is 13.2. The Hall–Kier alpha value is -3.35. The number of nitrogens with zero attached hydrogens (tertiary/aromatic N) is 6. The van der Waals surface area contributed by atoms with Crippen LogP contribution >= 0.6 is 0 Å². The molecule has 0 bridgehead atoms. The van der Waals surface area contributed by atoms with E-state index in [2.05, 4.69) is 20.4 Å². The first kappa shape index (κ1) is 22.8. The number of esters is 1. The zero-order valence-electron chi connectivity index (χ0n) is 18.3. The minimum absolute atomic E-state index is 0.0288. The third kappa shape index (κ3) is 4.72. The van der Waals surface area contributed by atoms with Crippen LogP contribution in [0.1, 0.15) is 16.2 Å². The molecule has 1 aromatic heterocycles. The van der Waals surface area contributed by atoms with Crippen molar-refractivity contribution in [1.29, 1.82) is 0 Å². The normalized spacial score (nSPS) is 15.3. The minimum atomic E-state index is -3.84. The molecular weight excluding hydrogens is 448 g/mol. The number of sulfonamides is 1. The van der Waals surface area contributed by atoms with Gasteiger partial charge in [-0.2, -0.15) is 8.99 Å². The number of hydrogen-bond donors (Lipinski definition) is 0. The van der Waals surface area contributed by atoms with Gasteiger partial charge in [0, 0.05) is 26.2 Å². The second-order valence-electron chi connectivity index (χ2n) is 7.37. The van der Waals surface area contributed by atoms with E-state index in [4.69, 9.17) is 9.47 Å². The number of hydrogen-bond acceptors (Lipinski definition) is 9. The average Bonchev–Trinajstić information content (AvgIpc) is 3.32. The van der Waals surface area contributed by atoms with Gasteiger partial charge in [-0.1, -0.05) is 12.1 Å². The van der Waals surface area contributed by atoms with Crippen molar-refractivity contribution in [2.45, 2.75) is 11.4 Å². The number of ether oxygens (including phenoxy) is 2. The van der Waals surface area contributed by atoms with Crippen LogP contribution in [0.5, 0.6) is 5.75 Å². The fourth-order valence-electron chi connectivity index (χ4n) is 3.67. The van der Waals surface area contributed by atoms with E-state index in [1.807, 2.05) is 24.3 Å². The maximum absolute atomic E-state index is 13.2. The molecule has 0 saturated carbocycles. The van der Waals surface area contributed by atoms with Crippen molar-refractivity contribution >= 4 is 16.0 Å². The highest BCUT2D eigenvalue weighted by Crippen LogP contribution is 2.23. The summed E-state index contributed by atoms with van der Waals surface area (Å²) < 4.78 is 39.4. The van der Waals surface area contributed by atoms with Gasteiger partial charge in [0.2, 0.25) is 10.0 Å². The molecule has 0 N–H and O–H groups in total. The number of carbonyl (C=O) groups is 1. The van der Waals surface area contributed by atoms with E-state index in [1.165, 1.54) is 23.5 Å². The molecule has 1 aliphatic heterocycles. The number of piperazine rings is 1. The highest BCUT2D eigenvalue weighted by molar-refractivity contribution is 7.89. The van der Waals surface area contributed by atoms with E-state index in [9.17, 15) is 13.2 Å². The molecule has 0 aliphatic carbocycles. The molecule has 2 aromatic carbocycles. The van der Waals surface area contributed by atoms with Crippen molar-refractivity contribution in [3.8, 4) is 11.4 Å². The Morgan fingerprint density at radius 1 is 1.00 bits per heavy atom. The van der Waals surface area contributed by atoms with Crippen molar-refractivity contribution in [3.05, 3.63) is 59.9 Å². The van der Waals surface area contributed by atoms with Crippen molar-refractivity contribution in [1.82, 2.24) is 29.4 Å². The van der Waals surface area contributed by atoms with Crippen LogP contribution < -0.4 is 4.74 Å². The summed E-state index contributed by atoms with van der Waals surface area (Å²) in [5, 5.41) is 12.0. The van der Waals surface area contributed by atoms with E-state index in [0.717, 1.165) is 11.4 Å². The van der Waals surface area contributed by atoms with Crippen LogP contribution in [0.15, 0.2) is 53.4 Å². The number of rotatable bonds is 7. The summed E-state index contributed by atoms with van der Waals surface area (Å²) in [6.45, 7) is 2.01. The molecule has 2 heterocycles. The third-order valence-corrected chi connectivity index (χ3v) is 7.41. The summed E-state index contributed by atoms with van der Waals surface area (Å²) in [5.41, 5.74) is 0.831. The summed E-state index contributed by atoms with van der Waals surface area (Å²) in [4.78, 5) is 14.1. The largest absolute Gasteiger partial charge is 0.497 e. The number of methoxy groups -OCH3 is 2. The van der Waals surface area contributed by atoms with Gasteiger partial charge >= 0.3 is 5.97 Å². The summed E-state index contributed by atoms with van der Waals surface area (Å²) in [6, 6.07) is 13.5. The molecule has 3 aromatic rings. The number of carbonyl (C=O) groups excluding carboxylic acids is 1. The van der Waals surface area contributed by atoms with Crippen LogP contribution in [0.2, 0.25) is 0 Å². The fraction of sp³-hybridized carbons (Fsp3) is 0.333. The van der Waals surface area contributed by atoms with Crippen LogP contribution in [0.25, 0.3) is 5.69 Å². The maximum Gasteiger partial charge on any atom is 0.339 e. The molecule has 0 amide bonds. The van der Waals surface area contributed by atoms with Crippen molar-refractivity contribution in [3.63, 3.8) is 0 Å². The lowest BCUT2D eigenvalue weighted by molar-refractivity contribution is 0.0596. The number of benzene rings is 2. The van der Waals surface area contributed by atoms with Crippen LogP contribution in [0, 0.1) is 0 Å². The smallest absolute Gasteiger partial charge is 0.339 e. The van der Waals surface area contributed by atoms with E-state index in [-0.39, 0.29) is 23.5 Å². The summed E-state index contributed by atoms with van der Waals surface area (Å²) in [5.74, 6) is 0.699. The lowest BCUT2D eigenvalue weighted by atomic mass is 10.2. The lowest BCUT2D eigenvalue weighted by Crippen LogP contribution is -2.48. The molecule has 0 spiro atoms. The van der Waals surface area contributed by atoms with E-state index in [0.29, 0.717) is 25.5 Å². The Morgan fingerprint density at radius 3 is 2.36 bits per heavy atom. The predicted molar refractivity (Wildman–Crippen MR) is 118 cm³/mol. The molecular formula is C21H24N6O5S. The van der Waals surface area contributed by atoms with Gasteiger partial charge in [0.05, 0.1) is 36.9 Å². The standard InChI is InChI=1S/C21H24N6O5S/c1-31-17-9-7-16(8-10-17)27-20(22-23-24-27)15-25-11-13-26(14-12-25)33(29,30)19-6-4-3-5-18(19)21(28)32-2/h3-10H,11-15H2,1-2H3. The van der Waals surface area contributed by atoms with Gasteiger partial charge in [0.15, 0.2) is 5.82 Å².